The van der Waals surface area contributed by atoms with Crippen LogP contribution in [-0.4, -0.2) is 21.6 Å². The van der Waals surface area contributed by atoms with Gasteiger partial charge in [-0.3, -0.25) is 25.0 Å². The van der Waals surface area contributed by atoms with Gasteiger partial charge in [0, 0.05) is 30.3 Å². The Bertz CT molecular complexity index is 1290. The van der Waals surface area contributed by atoms with Gasteiger partial charge in [-0.2, -0.15) is 0 Å². The number of nitro benzene ring substituents is 2. The van der Waals surface area contributed by atoms with Crippen LogP contribution in [0.2, 0.25) is 0 Å². The molecule has 4 rings (SSSR count). The summed E-state index contributed by atoms with van der Waals surface area (Å²) in [7, 11) is 0. The van der Waals surface area contributed by atoms with Gasteiger partial charge in [-0.05, 0) is 48.0 Å². The van der Waals surface area contributed by atoms with Crippen molar-refractivity contribution in [3.8, 4) is 11.5 Å². The predicted octanol–water partition coefficient (Wildman–Crippen LogP) is 4.34. The van der Waals surface area contributed by atoms with Crippen LogP contribution in [0.5, 0.6) is 11.5 Å². The van der Waals surface area contributed by atoms with E-state index in [9.17, 15) is 29.8 Å². The standard InChI is InChI=1S/C22H12N2O8/c25-21-18-10-9-17(31-22(26)14-3-7-16(8-4-14)24(29)30)12-19(18)32-20(21)11-13-1-5-15(6-2-13)23(27)28/h1-12H. The van der Waals surface area contributed by atoms with Gasteiger partial charge in [0.2, 0.25) is 5.78 Å². The summed E-state index contributed by atoms with van der Waals surface area (Å²) in [5.74, 6) is -0.779. The second-order valence-corrected chi connectivity index (χ2v) is 6.64. The van der Waals surface area contributed by atoms with Crippen LogP contribution in [0, 0.1) is 20.2 Å². The molecule has 1 heterocycles. The van der Waals surface area contributed by atoms with Crippen molar-refractivity contribution in [1.29, 1.82) is 0 Å². The van der Waals surface area contributed by atoms with E-state index in [1.165, 1.54) is 72.8 Å². The van der Waals surface area contributed by atoms with Crippen molar-refractivity contribution in [1.82, 2.24) is 0 Å². The molecule has 3 aromatic rings. The number of hydrogen-bond donors (Lipinski definition) is 0. The zero-order chi connectivity index (χ0) is 22.8. The molecule has 0 unspecified atom stereocenters. The maximum absolute atomic E-state index is 12.6. The zero-order valence-corrected chi connectivity index (χ0v) is 16.1. The number of esters is 1. The fourth-order valence-corrected chi connectivity index (χ4v) is 2.96. The van der Waals surface area contributed by atoms with Crippen LogP contribution >= 0.6 is 0 Å². The molecule has 0 aromatic heterocycles. The Balaban J connectivity index is 1.50. The van der Waals surface area contributed by atoms with Crippen molar-refractivity contribution in [3.05, 3.63) is 109 Å². The number of carbonyl (C=O) groups is 2. The third-order valence-electron chi connectivity index (χ3n) is 4.57. The fraction of sp³-hybridized carbons (Fsp3) is 0. The highest BCUT2D eigenvalue weighted by molar-refractivity contribution is 6.14. The lowest BCUT2D eigenvalue weighted by atomic mass is 10.1. The minimum Gasteiger partial charge on any atom is -0.452 e. The molecule has 0 spiro atoms. The number of ether oxygens (including phenoxy) is 2. The molecule has 158 valence electrons. The highest BCUT2D eigenvalue weighted by Gasteiger charge is 2.28. The van der Waals surface area contributed by atoms with Crippen LogP contribution < -0.4 is 9.47 Å². The van der Waals surface area contributed by atoms with Gasteiger partial charge in [-0.1, -0.05) is 0 Å². The number of carbonyl (C=O) groups excluding carboxylic acids is 2. The predicted molar refractivity (Wildman–Crippen MR) is 111 cm³/mol. The van der Waals surface area contributed by atoms with Gasteiger partial charge in [0.1, 0.15) is 11.5 Å². The average molecular weight is 432 g/mol. The number of fused-ring (bicyclic) bond motifs is 1. The molecule has 0 bridgehead atoms. The third-order valence-corrected chi connectivity index (χ3v) is 4.57. The number of benzene rings is 3. The highest BCUT2D eigenvalue weighted by Crippen LogP contribution is 2.35. The van der Waals surface area contributed by atoms with E-state index in [4.69, 9.17) is 9.47 Å². The maximum atomic E-state index is 12.6. The van der Waals surface area contributed by atoms with Gasteiger partial charge in [-0.15, -0.1) is 0 Å². The molecule has 3 aromatic carbocycles. The van der Waals surface area contributed by atoms with Crippen LogP contribution in [0.3, 0.4) is 0 Å². The second kappa shape index (κ2) is 8.11. The number of Topliss-reactive ketones (excluding diaryl/α,β-unsaturated/α-hetero) is 1. The van der Waals surface area contributed by atoms with Gasteiger partial charge in [0.25, 0.3) is 11.4 Å². The molecule has 0 atom stereocenters. The van der Waals surface area contributed by atoms with Crippen LogP contribution in [0.15, 0.2) is 72.5 Å². The van der Waals surface area contributed by atoms with E-state index in [1.807, 2.05) is 0 Å². The molecule has 0 radical (unpaired) electrons. The molecule has 1 aliphatic rings. The highest BCUT2D eigenvalue weighted by atomic mass is 16.6. The Morgan fingerprint density at radius 3 is 2.06 bits per heavy atom. The summed E-state index contributed by atoms with van der Waals surface area (Å²) in [6.45, 7) is 0. The third kappa shape index (κ3) is 4.05. The average Bonchev–Trinajstić information content (AvgIpc) is 3.08. The van der Waals surface area contributed by atoms with E-state index in [-0.39, 0.29) is 45.5 Å². The van der Waals surface area contributed by atoms with Gasteiger partial charge in [0.15, 0.2) is 5.76 Å². The van der Waals surface area contributed by atoms with Gasteiger partial charge < -0.3 is 9.47 Å². The number of non-ortho nitro benzene ring substituents is 2. The van der Waals surface area contributed by atoms with Crippen molar-refractivity contribution in [2.45, 2.75) is 0 Å². The van der Waals surface area contributed by atoms with Crippen molar-refractivity contribution in [2.24, 2.45) is 0 Å². The summed E-state index contributed by atoms with van der Waals surface area (Å²) in [6, 6.07) is 14.8. The Morgan fingerprint density at radius 1 is 0.875 bits per heavy atom. The molecule has 0 saturated carbocycles. The molecule has 10 heteroatoms. The van der Waals surface area contributed by atoms with E-state index in [1.54, 1.807) is 0 Å². The fourth-order valence-electron chi connectivity index (χ4n) is 2.96. The summed E-state index contributed by atoms with van der Waals surface area (Å²) >= 11 is 0. The monoisotopic (exact) mass is 432 g/mol. The van der Waals surface area contributed by atoms with E-state index >= 15 is 0 Å². The van der Waals surface area contributed by atoms with Crippen molar-refractivity contribution in [3.63, 3.8) is 0 Å². The molecule has 0 saturated heterocycles. The lowest BCUT2D eigenvalue weighted by Crippen LogP contribution is -2.08. The first-order valence-electron chi connectivity index (χ1n) is 9.11. The SMILES string of the molecule is O=C(Oc1ccc2c(c1)OC(=Cc1ccc([N+](=O)[O-])cc1)C2=O)c1ccc([N+](=O)[O-])cc1. The molecular weight excluding hydrogens is 420 g/mol. The van der Waals surface area contributed by atoms with E-state index < -0.39 is 15.8 Å². The minimum absolute atomic E-state index is 0.0210. The maximum Gasteiger partial charge on any atom is 0.343 e. The van der Waals surface area contributed by atoms with Crippen LogP contribution in [0.1, 0.15) is 26.3 Å². The summed E-state index contributed by atoms with van der Waals surface area (Å²) in [5.41, 5.74) is 0.698. The number of hydrogen-bond acceptors (Lipinski definition) is 8. The summed E-state index contributed by atoms with van der Waals surface area (Å²) < 4.78 is 10.8. The normalized spacial score (nSPS) is 13.4. The number of ketones is 1. The Morgan fingerprint density at radius 2 is 1.47 bits per heavy atom. The van der Waals surface area contributed by atoms with Crippen LogP contribution in [0.4, 0.5) is 11.4 Å². The largest absolute Gasteiger partial charge is 0.452 e. The zero-order valence-electron chi connectivity index (χ0n) is 16.1. The van der Waals surface area contributed by atoms with Crippen molar-refractivity contribution in [2.75, 3.05) is 0 Å². The minimum atomic E-state index is -0.731. The van der Waals surface area contributed by atoms with Gasteiger partial charge >= 0.3 is 5.97 Å². The molecule has 0 N–H and O–H groups in total. The Kier molecular flexibility index (Phi) is 5.17. The van der Waals surface area contributed by atoms with Crippen molar-refractivity contribution >= 4 is 29.2 Å². The smallest absolute Gasteiger partial charge is 0.343 e. The van der Waals surface area contributed by atoms with Gasteiger partial charge in [-0.25, -0.2) is 4.79 Å². The Labute approximate surface area is 179 Å². The number of allylic oxidation sites excluding steroid dienone is 1. The molecule has 1 aliphatic heterocycles. The van der Waals surface area contributed by atoms with Crippen LogP contribution in [0.25, 0.3) is 6.08 Å². The molecule has 0 aliphatic carbocycles. The summed E-state index contributed by atoms with van der Waals surface area (Å²) in [6.07, 6.45) is 1.45. The van der Waals surface area contributed by atoms with Crippen LogP contribution in [-0.2, 0) is 0 Å². The molecule has 32 heavy (non-hydrogen) atoms. The molecule has 10 nitrogen and oxygen atoms in total. The lowest BCUT2D eigenvalue weighted by molar-refractivity contribution is -0.385. The second-order valence-electron chi connectivity index (χ2n) is 6.64. The number of rotatable bonds is 5. The molecule has 0 amide bonds. The topological polar surface area (TPSA) is 139 Å². The first-order valence-corrected chi connectivity index (χ1v) is 9.11. The summed E-state index contributed by atoms with van der Waals surface area (Å²) in [5, 5.41) is 21.5. The van der Waals surface area contributed by atoms with Gasteiger partial charge in [0.05, 0.1) is 21.0 Å². The van der Waals surface area contributed by atoms with E-state index in [2.05, 4.69) is 0 Å². The van der Waals surface area contributed by atoms with Crippen molar-refractivity contribution < 1.29 is 28.9 Å². The Hall–Kier alpha value is -4.86. The lowest BCUT2D eigenvalue weighted by Gasteiger charge is -2.05. The first-order chi connectivity index (χ1) is 15.3. The number of nitrogens with zero attached hydrogens (tertiary/aromatic N) is 2. The number of nitro groups is 2. The van der Waals surface area contributed by atoms with E-state index in [0.717, 1.165) is 0 Å². The van der Waals surface area contributed by atoms with E-state index in [0.29, 0.717) is 5.56 Å². The summed E-state index contributed by atoms with van der Waals surface area (Å²) in [4.78, 5) is 45.2. The molecular formula is C22H12N2O8. The first kappa shape index (κ1) is 20.4. The molecule has 0 fully saturated rings. The quantitative estimate of drug-likeness (QED) is 0.191.